The summed E-state index contributed by atoms with van der Waals surface area (Å²) in [5.41, 5.74) is 1.69. The zero-order valence-corrected chi connectivity index (χ0v) is 11.3. The maximum Gasteiger partial charge on any atom is 0.387 e. The highest BCUT2D eigenvalue weighted by molar-refractivity contribution is 5.56. The number of rotatable bonds is 5. The van der Waals surface area contributed by atoms with Gasteiger partial charge in [0.25, 0.3) is 0 Å². The highest BCUT2D eigenvalue weighted by Gasteiger charge is 2.23. The van der Waals surface area contributed by atoms with Gasteiger partial charge in [0.15, 0.2) is 0 Å². The van der Waals surface area contributed by atoms with Crippen LogP contribution in [0.25, 0.3) is 0 Å². The average molecular weight is 291 g/mol. The van der Waals surface area contributed by atoms with Crippen LogP contribution in [-0.4, -0.2) is 19.8 Å². The minimum absolute atomic E-state index is 0.153. The number of alkyl halides is 2. The van der Waals surface area contributed by atoms with E-state index in [1.165, 1.54) is 6.07 Å². The van der Waals surface area contributed by atoms with Gasteiger partial charge in [0.05, 0.1) is 12.3 Å². The summed E-state index contributed by atoms with van der Waals surface area (Å²) in [5, 5.41) is 3.16. The molecule has 0 bridgehead atoms. The number of nitrogens with one attached hydrogen (secondary N) is 1. The number of fused-ring (bicyclic) bond motifs is 1. The van der Waals surface area contributed by atoms with Crippen LogP contribution in [0.15, 0.2) is 48.5 Å². The average Bonchev–Trinajstić information content (AvgIpc) is 2.89. The molecule has 3 rings (SSSR count). The number of para-hydroxylation sites is 3. The molecule has 1 heterocycles. The summed E-state index contributed by atoms with van der Waals surface area (Å²) >= 11 is 0. The molecule has 1 aliphatic heterocycles. The highest BCUT2D eigenvalue weighted by Crippen LogP contribution is 2.34. The predicted molar refractivity (Wildman–Crippen MR) is 76.2 cm³/mol. The first-order chi connectivity index (χ1) is 10.2. The molecular formula is C16H15F2NO2. The van der Waals surface area contributed by atoms with E-state index in [2.05, 4.69) is 10.1 Å². The summed E-state index contributed by atoms with van der Waals surface area (Å²) in [7, 11) is 0. The minimum atomic E-state index is -2.83. The van der Waals surface area contributed by atoms with Crippen LogP contribution in [0.4, 0.5) is 14.5 Å². The molecule has 0 radical (unpaired) electrons. The number of halogens is 2. The van der Waals surface area contributed by atoms with Crippen molar-refractivity contribution in [3.8, 4) is 11.5 Å². The molecule has 0 aliphatic carbocycles. The van der Waals surface area contributed by atoms with Gasteiger partial charge in [0.2, 0.25) is 0 Å². The smallest absolute Gasteiger partial charge is 0.387 e. The lowest BCUT2D eigenvalue weighted by Gasteiger charge is -2.15. The molecule has 5 heteroatoms. The Morgan fingerprint density at radius 3 is 2.76 bits per heavy atom. The molecule has 1 N–H and O–H groups in total. The molecule has 0 spiro atoms. The lowest BCUT2D eigenvalue weighted by molar-refractivity contribution is -0.0493. The predicted octanol–water partition coefficient (Wildman–Crippen LogP) is 3.88. The maximum atomic E-state index is 12.4. The molecule has 1 aliphatic rings. The van der Waals surface area contributed by atoms with Crippen LogP contribution in [0.5, 0.6) is 11.5 Å². The van der Waals surface area contributed by atoms with Crippen molar-refractivity contribution in [2.45, 2.75) is 12.5 Å². The molecule has 0 fully saturated rings. The first kappa shape index (κ1) is 13.7. The zero-order valence-electron chi connectivity index (χ0n) is 11.3. The van der Waals surface area contributed by atoms with E-state index in [0.29, 0.717) is 18.8 Å². The third-order valence-corrected chi connectivity index (χ3v) is 3.44. The molecular weight excluding hydrogens is 276 g/mol. The topological polar surface area (TPSA) is 30.5 Å². The number of hydrogen-bond donors (Lipinski definition) is 1. The van der Waals surface area contributed by atoms with Gasteiger partial charge in [-0.25, -0.2) is 0 Å². The van der Waals surface area contributed by atoms with Gasteiger partial charge < -0.3 is 14.8 Å². The number of benzene rings is 2. The monoisotopic (exact) mass is 291 g/mol. The van der Waals surface area contributed by atoms with Crippen molar-refractivity contribution in [3.05, 3.63) is 54.1 Å². The molecule has 0 saturated heterocycles. The fourth-order valence-electron chi connectivity index (χ4n) is 2.44. The fraction of sp³-hybridized carbons (Fsp3) is 0.250. The Hall–Kier alpha value is -2.30. The summed E-state index contributed by atoms with van der Waals surface area (Å²) in [6, 6.07) is 14.5. The third kappa shape index (κ3) is 3.07. The van der Waals surface area contributed by atoms with Gasteiger partial charge in [-0.2, -0.15) is 8.78 Å². The molecule has 2 aromatic carbocycles. The van der Waals surface area contributed by atoms with Crippen LogP contribution in [-0.2, 0) is 0 Å². The van der Waals surface area contributed by atoms with Crippen LogP contribution in [0.3, 0.4) is 0 Å². The van der Waals surface area contributed by atoms with Crippen molar-refractivity contribution in [1.82, 2.24) is 0 Å². The summed E-state index contributed by atoms with van der Waals surface area (Å²) in [4.78, 5) is 0. The lowest BCUT2D eigenvalue weighted by Crippen LogP contribution is -2.15. The number of anilines is 1. The van der Waals surface area contributed by atoms with Gasteiger partial charge in [-0.15, -0.1) is 0 Å². The molecule has 0 amide bonds. The van der Waals surface area contributed by atoms with Gasteiger partial charge in [0.1, 0.15) is 11.5 Å². The summed E-state index contributed by atoms with van der Waals surface area (Å²) in [6.07, 6.45) is 0. The summed E-state index contributed by atoms with van der Waals surface area (Å²) < 4.78 is 34.8. The SMILES string of the molecule is FC(F)Oc1ccccc1NCC1COc2ccccc21. The van der Waals surface area contributed by atoms with Crippen molar-refractivity contribution in [3.63, 3.8) is 0 Å². The Bertz CT molecular complexity index is 619. The summed E-state index contributed by atoms with van der Waals surface area (Å²) in [6.45, 7) is -1.64. The van der Waals surface area contributed by atoms with Gasteiger partial charge in [-0.1, -0.05) is 30.3 Å². The van der Waals surface area contributed by atoms with E-state index in [4.69, 9.17) is 4.74 Å². The van der Waals surface area contributed by atoms with Crippen LogP contribution >= 0.6 is 0 Å². The van der Waals surface area contributed by atoms with Crippen molar-refractivity contribution in [1.29, 1.82) is 0 Å². The van der Waals surface area contributed by atoms with E-state index >= 15 is 0 Å². The fourth-order valence-corrected chi connectivity index (χ4v) is 2.44. The molecule has 1 unspecified atom stereocenters. The second-order valence-electron chi connectivity index (χ2n) is 4.80. The molecule has 3 nitrogen and oxygen atoms in total. The van der Waals surface area contributed by atoms with E-state index in [9.17, 15) is 8.78 Å². The lowest BCUT2D eigenvalue weighted by atomic mass is 10.0. The molecule has 2 aromatic rings. The maximum absolute atomic E-state index is 12.4. The Balaban J connectivity index is 1.69. The Morgan fingerprint density at radius 2 is 1.90 bits per heavy atom. The first-order valence-corrected chi connectivity index (χ1v) is 6.73. The van der Waals surface area contributed by atoms with Crippen molar-refractivity contribution < 1.29 is 18.3 Å². The van der Waals surface area contributed by atoms with E-state index in [1.807, 2.05) is 24.3 Å². The Labute approximate surface area is 121 Å². The third-order valence-electron chi connectivity index (χ3n) is 3.44. The highest BCUT2D eigenvalue weighted by atomic mass is 19.3. The number of hydrogen-bond acceptors (Lipinski definition) is 3. The van der Waals surface area contributed by atoms with Crippen molar-refractivity contribution in [2.75, 3.05) is 18.5 Å². The summed E-state index contributed by atoms with van der Waals surface area (Å²) in [5.74, 6) is 1.24. The quantitative estimate of drug-likeness (QED) is 0.907. The normalized spacial score (nSPS) is 16.4. The van der Waals surface area contributed by atoms with Gasteiger partial charge in [-0.05, 0) is 18.2 Å². The zero-order chi connectivity index (χ0) is 14.7. The largest absolute Gasteiger partial charge is 0.493 e. The van der Waals surface area contributed by atoms with Crippen molar-refractivity contribution >= 4 is 5.69 Å². The van der Waals surface area contributed by atoms with Crippen molar-refractivity contribution in [2.24, 2.45) is 0 Å². The van der Waals surface area contributed by atoms with Gasteiger partial charge in [0, 0.05) is 18.0 Å². The van der Waals surface area contributed by atoms with E-state index < -0.39 is 6.61 Å². The first-order valence-electron chi connectivity index (χ1n) is 6.73. The van der Waals surface area contributed by atoms with E-state index in [-0.39, 0.29) is 11.7 Å². The van der Waals surface area contributed by atoms with Gasteiger partial charge >= 0.3 is 6.61 Å². The minimum Gasteiger partial charge on any atom is -0.493 e. The van der Waals surface area contributed by atoms with E-state index in [1.54, 1.807) is 18.2 Å². The van der Waals surface area contributed by atoms with Crippen LogP contribution in [0.1, 0.15) is 11.5 Å². The number of ether oxygens (including phenoxy) is 2. The molecule has 0 saturated carbocycles. The molecule has 1 atom stereocenters. The van der Waals surface area contributed by atoms with E-state index in [0.717, 1.165) is 11.3 Å². The second-order valence-corrected chi connectivity index (χ2v) is 4.80. The Morgan fingerprint density at radius 1 is 1.14 bits per heavy atom. The van der Waals surface area contributed by atoms with Crippen LogP contribution in [0, 0.1) is 0 Å². The second kappa shape index (κ2) is 5.99. The van der Waals surface area contributed by atoms with Crippen LogP contribution in [0.2, 0.25) is 0 Å². The van der Waals surface area contributed by atoms with Gasteiger partial charge in [-0.3, -0.25) is 0 Å². The standard InChI is InChI=1S/C16H15F2NO2/c17-16(18)21-15-8-4-2-6-13(15)19-9-11-10-20-14-7-3-1-5-12(11)14/h1-8,11,16,19H,9-10H2. The molecule has 21 heavy (non-hydrogen) atoms. The molecule has 0 aromatic heterocycles. The van der Waals surface area contributed by atoms with Crippen LogP contribution < -0.4 is 14.8 Å². The molecule has 110 valence electrons. The Kier molecular flexibility index (Phi) is 3.90.